The molecule has 1 amide bonds. The lowest BCUT2D eigenvalue weighted by atomic mass is 10.1. The maximum atomic E-state index is 13.3. The van der Waals surface area contributed by atoms with Crippen LogP contribution in [0.2, 0.25) is 0 Å². The molecule has 0 unspecified atom stereocenters. The number of ether oxygens (including phenoxy) is 1. The van der Waals surface area contributed by atoms with Gasteiger partial charge >= 0.3 is 0 Å². The number of nitrogens with zero attached hydrogens (tertiary/aromatic N) is 2. The van der Waals surface area contributed by atoms with E-state index in [-0.39, 0.29) is 28.7 Å². The normalized spacial score (nSPS) is 11.4. The summed E-state index contributed by atoms with van der Waals surface area (Å²) in [5.41, 5.74) is 2.13. The maximum Gasteiger partial charge on any atom is 0.253 e. The third-order valence-electron chi connectivity index (χ3n) is 4.96. The molecular weight excluding hydrogens is 412 g/mol. The molecule has 0 fully saturated rings. The van der Waals surface area contributed by atoms with E-state index >= 15 is 0 Å². The SMILES string of the molecule is COc1ccc(C(=O)N(C)Cc2ccccc2)cc1S(=O)(=O)N(C)Cc1ccccc1. The molecule has 0 spiro atoms. The molecule has 0 heterocycles. The molecule has 3 aromatic rings. The average Bonchev–Trinajstić information content (AvgIpc) is 2.79. The Labute approximate surface area is 183 Å². The van der Waals surface area contributed by atoms with Gasteiger partial charge in [0.25, 0.3) is 5.91 Å². The molecule has 0 aliphatic heterocycles. The standard InChI is InChI=1S/C24H26N2O4S/c1-25(17-19-10-6-4-7-11-19)24(27)21-14-15-22(30-3)23(16-21)31(28,29)26(2)18-20-12-8-5-9-13-20/h4-16H,17-18H2,1-3H3. The van der Waals surface area contributed by atoms with Crippen LogP contribution >= 0.6 is 0 Å². The Bertz CT molecular complexity index is 1130. The molecule has 0 aliphatic carbocycles. The topological polar surface area (TPSA) is 66.9 Å². The second-order valence-corrected chi connectivity index (χ2v) is 9.27. The molecule has 0 radical (unpaired) electrons. The van der Waals surface area contributed by atoms with E-state index in [4.69, 9.17) is 4.74 Å². The van der Waals surface area contributed by atoms with Crippen molar-refractivity contribution in [1.29, 1.82) is 0 Å². The van der Waals surface area contributed by atoms with Crippen molar-refractivity contribution in [1.82, 2.24) is 9.21 Å². The first kappa shape index (κ1) is 22.5. The van der Waals surface area contributed by atoms with Crippen LogP contribution in [-0.2, 0) is 23.1 Å². The Kier molecular flexibility index (Phi) is 7.09. The van der Waals surface area contributed by atoms with Crippen LogP contribution < -0.4 is 4.74 Å². The van der Waals surface area contributed by atoms with Gasteiger partial charge in [-0.3, -0.25) is 4.79 Å². The Morgan fingerprint density at radius 1 is 0.839 bits per heavy atom. The van der Waals surface area contributed by atoms with E-state index < -0.39 is 10.0 Å². The average molecular weight is 439 g/mol. The maximum absolute atomic E-state index is 13.3. The molecule has 0 saturated heterocycles. The van der Waals surface area contributed by atoms with Gasteiger partial charge in [0.15, 0.2) is 0 Å². The van der Waals surface area contributed by atoms with Gasteiger partial charge in [-0.05, 0) is 29.3 Å². The van der Waals surface area contributed by atoms with Crippen LogP contribution in [0, 0.1) is 0 Å². The fraction of sp³-hybridized carbons (Fsp3) is 0.208. The van der Waals surface area contributed by atoms with E-state index in [9.17, 15) is 13.2 Å². The predicted octanol–water partition coefficient (Wildman–Crippen LogP) is 3.79. The molecular formula is C24H26N2O4S. The van der Waals surface area contributed by atoms with E-state index in [0.717, 1.165) is 11.1 Å². The summed E-state index contributed by atoms with van der Waals surface area (Å²) in [5, 5.41) is 0. The monoisotopic (exact) mass is 438 g/mol. The first-order valence-corrected chi connectivity index (χ1v) is 11.2. The van der Waals surface area contributed by atoms with Gasteiger partial charge in [0.05, 0.1) is 7.11 Å². The fourth-order valence-electron chi connectivity index (χ4n) is 3.25. The first-order chi connectivity index (χ1) is 14.8. The lowest BCUT2D eigenvalue weighted by molar-refractivity contribution is 0.0785. The second kappa shape index (κ2) is 9.76. The minimum Gasteiger partial charge on any atom is -0.495 e. The highest BCUT2D eigenvalue weighted by molar-refractivity contribution is 7.89. The smallest absolute Gasteiger partial charge is 0.253 e. The van der Waals surface area contributed by atoms with Crippen LogP contribution in [0.5, 0.6) is 5.75 Å². The number of methoxy groups -OCH3 is 1. The summed E-state index contributed by atoms with van der Waals surface area (Å²) < 4.78 is 33.1. The van der Waals surface area contributed by atoms with Gasteiger partial charge in [-0.15, -0.1) is 0 Å². The lowest BCUT2D eigenvalue weighted by Crippen LogP contribution is -2.28. The van der Waals surface area contributed by atoms with E-state index in [2.05, 4.69) is 0 Å². The highest BCUT2D eigenvalue weighted by atomic mass is 32.2. The summed E-state index contributed by atoms with van der Waals surface area (Å²) in [4.78, 5) is 14.5. The summed E-state index contributed by atoms with van der Waals surface area (Å²) in [6, 6.07) is 23.4. The van der Waals surface area contributed by atoms with Crippen LogP contribution in [-0.4, -0.2) is 44.7 Å². The van der Waals surface area contributed by atoms with Crippen molar-refractivity contribution in [2.24, 2.45) is 0 Å². The molecule has 0 saturated carbocycles. The summed E-state index contributed by atoms with van der Waals surface area (Å²) in [6.07, 6.45) is 0. The van der Waals surface area contributed by atoms with Gasteiger partial charge in [-0.1, -0.05) is 60.7 Å². The Morgan fingerprint density at radius 2 is 1.39 bits per heavy atom. The summed E-state index contributed by atoms with van der Waals surface area (Å²) in [7, 11) is 0.730. The van der Waals surface area contributed by atoms with E-state index in [1.165, 1.54) is 30.6 Å². The third-order valence-corrected chi connectivity index (χ3v) is 6.78. The minimum absolute atomic E-state index is 0.0348. The van der Waals surface area contributed by atoms with Crippen LogP contribution in [0.3, 0.4) is 0 Å². The highest BCUT2D eigenvalue weighted by Gasteiger charge is 2.27. The third kappa shape index (κ3) is 5.31. The molecule has 7 heteroatoms. The van der Waals surface area contributed by atoms with Gasteiger partial charge in [0.2, 0.25) is 10.0 Å². The zero-order valence-corrected chi connectivity index (χ0v) is 18.7. The van der Waals surface area contributed by atoms with Crippen molar-refractivity contribution in [3.63, 3.8) is 0 Å². The molecule has 0 N–H and O–H groups in total. The van der Waals surface area contributed by atoms with Crippen LogP contribution in [0.4, 0.5) is 0 Å². The Morgan fingerprint density at radius 3 is 1.94 bits per heavy atom. The minimum atomic E-state index is -3.88. The molecule has 6 nitrogen and oxygen atoms in total. The van der Waals surface area contributed by atoms with Crippen LogP contribution in [0.1, 0.15) is 21.5 Å². The number of carbonyl (C=O) groups is 1. The second-order valence-electron chi connectivity index (χ2n) is 7.26. The van der Waals surface area contributed by atoms with Crippen molar-refractivity contribution in [2.75, 3.05) is 21.2 Å². The quantitative estimate of drug-likeness (QED) is 0.537. The number of sulfonamides is 1. The van der Waals surface area contributed by atoms with E-state index in [1.807, 2.05) is 60.7 Å². The highest BCUT2D eigenvalue weighted by Crippen LogP contribution is 2.28. The van der Waals surface area contributed by atoms with Crippen molar-refractivity contribution in [3.8, 4) is 5.75 Å². The Hall–Kier alpha value is -3.16. The molecule has 31 heavy (non-hydrogen) atoms. The molecule has 0 aliphatic rings. The van der Waals surface area contributed by atoms with Crippen molar-refractivity contribution < 1.29 is 17.9 Å². The summed E-state index contributed by atoms with van der Waals surface area (Å²) >= 11 is 0. The van der Waals surface area contributed by atoms with Crippen molar-refractivity contribution >= 4 is 15.9 Å². The van der Waals surface area contributed by atoms with Crippen molar-refractivity contribution in [3.05, 3.63) is 95.6 Å². The van der Waals surface area contributed by atoms with Gasteiger partial charge in [0.1, 0.15) is 10.6 Å². The number of carbonyl (C=O) groups excluding carboxylic acids is 1. The molecule has 0 atom stereocenters. The van der Waals surface area contributed by atoms with E-state index in [0.29, 0.717) is 6.54 Å². The molecule has 3 aromatic carbocycles. The Balaban J connectivity index is 1.88. The van der Waals surface area contributed by atoms with Gasteiger partial charge in [0, 0.05) is 32.7 Å². The van der Waals surface area contributed by atoms with Gasteiger partial charge in [-0.2, -0.15) is 4.31 Å². The first-order valence-electron chi connectivity index (χ1n) is 9.80. The molecule has 0 aromatic heterocycles. The predicted molar refractivity (Wildman–Crippen MR) is 120 cm³/mol. The molecule has 3 rings (SSSR count). The van der Waals surface area contributed by atoms with Gasteiger partial charge < -0.3 is 9.64 Å². The van der Waals surface area contributed by atoms with Crippen LogP contribution in [0.15, 0.2) is 83.8 Å². The number of benzene rings is 3. The zero-order chi connectivity index (χ0) is 22.4. The summed E-state index contributed by atoms with van der Waals surface area (Å²) in [5.74, 6) is -0.0733. The largest absolute Gasteiger partial charge is 0.495 e. The number of amides is 1. The van der Waals surface area contributed by atoms with Crippen LogP contribution in [0.25, 0.3) is 0 Å². The number of rotatable bonds is 8. The number of hydrogen-bond donors (Lipinski definition) is 0. The van der Waals surface area contributed by atoms with Crippen molar-refractivity contribution in [2.45, 2.75) is 18.0 Å². The molecule has 162 valence electrons. The lowest BCUT2D eigenvalue weighted by Gasteiger charge is -2.21. The fourth-order valence-corrected chi connectivity index (χ4v) is 4.59. The van der Waals surface area contributed by atoms with E-state index in [1.54, 1.807) is 18.0 Å². The number of hydrogen-bond acceptors (Lipinski definition) is 4. The zero-order valence-electron chi connectivity index (χ0n) is 17.9. The molecule has 0 bridgehead atoms. The van der Waals surface area contributed by atoms with Gasteiger partial charge in [-0.25, -0.2) is 8.42 Å². The summed E-state index contributed by atoms with van der Waals surface area (Å²) in [6.45, 7) is 0.625.